The van der Waals surface area contributed by atoms with Gasteiger partial charge < -0.3 is 10.2 Å². The number of carbonyl (C=O) groups excluding carboxylic acids is 1. The van der Waals surface area contributed by atoms with Crippen LogP contribution in [0.15, 0.2) is 29.4 Å². The number of thiophene rings is 1. The Morgan fingerprint density at radius 2 is 1.96 bits per heavy atom. The SMILES string of the molecule is CSc1nc(N2CCCC2)c2cc(C(=O)Nc3ccc(Cl)c(Cl)c3)sc2n1. The molecule has 4 rings (SSSR count). The molecule has 1 aliphatic rings. The minimum Gasteiger partial charge on any atom is -0.356 e. The van der Waals surface area contributed by atoms with E-state index in [1.807, 2.05) is 12.3 Å². The van der Waals surface area contributed by atoms with Crippen molar-refractivity contribution in [2.45, 2.75) is 18.0 Å². The van der Waals surface area contributed by atoms with E-state index in [1.54, 1.807) is 18.2 Å². The van der Waals surface area contributed by atoms with Crippen molar-refractivity contribution in [3.05, 3.63) is 39.2 Å². The molecule has 0 bridgehead atoms. The van der Waals surface area contributed by atoms with Gasteiger partial charge in [-0.2, -0.15) is 0 Å². The highest BCUT2D eigenvalue weighted by Gasteiger charge is 2.21. The number of carbonyl (C=O) groups is 1. The van der Waals surface area contributed by atoms with Crippen LogP contribution in [0.1, 0.15) is 22.5 Å². The molecule has 1 amide bonds. The van der Waals surface area contributed by atoms with Crippen molar-refractivity contribution in [3.63, 3.8) is 0 Å². The molecule has 1 fully saturated rings. The maximum atomic E-state index is 12.7. The highest BCUT2D eigenvalue weighted by Crippen LogP contribution is 2.34. The van der Waals surface area contributed by atoms with Crippen LogP contribution in [0.4, 0.5) is 11.5 Å². The van der Waals surface area contributed by atoms with Gasteiger partial charge in [0, 0.05) is 18.8 Å². The number of nitrogens with zero attached hydrogens (tertiary/aromatic N) is 3. The predicted octanol–water partition coefficient (Wildman–Crippen LogP) is 5.57. The molecular weight excluding hydrogens is 423 g/mol. The lowest BCUT2D eigenvalue weighted by Gasteiger charge is -2.17. The van der Waals surface area contributed by atoms with E-state index in [-0.39, 0.29) is 5.91 Å². The van der Waals surface area contributed by atoms with E-state index in [0.717, 1.165) is 47.1 Å². The molecule has 1 saturated heterocycles. The van der Waals surface area contributed by atoms with Gasteiger partial charge in [0.05, 0.1) is 20.3 Å². The van der Waals surface area contributed by atoms with E-state index in [0.29, 0.717) is 20.6 Å². The molecule has 0 spiro atoms. The average molecular weight is 439 g/mol. The van der Waals surface area contributed by atoms with E-state index in [4.69, 9.17) is 28.2 Å². The second-order valence-corrected chi connectivity index (χ2v) is 8.76. The molecule has 2 aromatic heterocycles. The van der Waals surface area contributed by atoms with Gasteiger partial charge in [0.15, 0.2) is 5.16 Å². The third-order valence-electron chi connectivity index (χ3n) is 4.34. The largest absolute Gasteiger partial charge is 0.356 e. The van der Waals surface area contributed by atoms with E-state index in [2.05, 4.69) is 15.2 Å². The monoisotopic (exact) mass is 438 g/mol. The van der Waals surface area contributed by atoms with Gasteiger partial charge in [-0.1, -0.05) is 35.0 Å². The molecule has 140 valence electrons. The quantitative estimate of drug-likeness (QED) is 0.425. The van der Waals surface area contributed by atoms with Gasteiger partial charge in [0.1, 0.15) is 10.6 Å². The van der Waals surface area contributed by atoms with Crippen LogP contribution in [-0.2, 0) is 0 Å². The van der Waals surface area contributed by atoms with Crippen molar-refractivity contribution in [3.8, 4) is 0 Å². The van der Waals surface area contributed by atoms with Gasteiger partial charge >= 0.3 is 0 Å². The zero-order valence-electron chi connectivity index (χ0n) is 14.5. The average Bonchev–Trinajstić information content (AvgIpc) is 3.33. The molecule has 1 aromatic carbocycles. The van der Waals surface area contributed by atoms with Crippen molar-refractivity contribution in [2.75, 3.05) is 29.6 Å². The first-order chi connectivity index (χ1) is 13.0. The van der Waals surface area contributed by atoms with Crippen LogP contribution in [0.5, 0.6) is 0 Å². The molecule has 0 saturated carbocycles. The molecule has 5 nitrogen and oxygen atoms in total. The number of rotatable bonds is 4. The Hall–Kier alpha value is -1.54. The normalized spacial score (nSPS) is 14.1. The summed E-state index contributed by atoms with van der Waals surface area (Å²) >= 11 is 14.8. The van der Waals surface area contributed by atoms with Crippen molar-refractivity contribution in [2.24, 2.45) is 0 Å². The Kier molecular flexibility index (Phi) is 5.45. The smallest absolute Gasteiger partial charge is 0.265 e. The summed E-state index contributed by atoms with van der Waals surface area (Å²) in [6.45, 7) is 1.97. The van der Waals surface area contributed by atoms with Crippen molar-refractivity contribution in [1.29, 1.82) is 0 Å². The lowest BCUT2D eigenvalue weighted by atomic mass is 10.3. The number of aromatic nitrogens is 2. The van der Waals surface area contributed by atoms with Crippen molar-refractivity contribution in [1.82, 2.24) is 9.97 Å². The van der Waals surface area contributed by atoms with Crippen LogP contribution >= 0.6 is 46.3 Å². The number of halogens is 2. The maximum Gasteiger partial charge on any atom is 0.265 e. The molecule has 0 unspecified atom stereocenters. The number of hydrogen-bond acceptors (Lipinski definition) is 6. The molecule has 0 radical (unpaired) electrons. The Morgan fingerprint density at radius 3 is 2.67 bits per heavy atom. The molecule has 3 heterocycles. The Bertz CT molecular complexity index is 1020. The number of amides is 1. The van der Waals surface area contributed by atoms with Crippen LogP contribution in [0.25, 0.3) is 10.2 Å². The summed E-state index contributed by atoms with van der Waals surface area (Å²) in [4.78, 5) is 25.7. The third-order valence-corrected chi connectivity index (χ3v) is 6.66. The van der Waals surface area contributed by atoms with Crippen molar-refractivity contribution >= 4 is 73.9 Å². The van der Waals surface area contributed by atoms with Crippen LogP contribution in [0.3, 0.4) is 0 Å². The summed E-state index contributed by atoms with van der Waals surface area (Å²) in [7, 11) is 0. The Labute approximate surface area is 175 Å². The molecular formula is C18H16Cl2N4OS2. The standard InChI is InChI=1S/C18H16Cl2N4OS2/c1-26-18-22-15(24-6-2-3-7-24)11-9-14(27-17(11)23-18)16(25)21-10-4-5-12(19)13(20)8-10/h4-5,8-9H,2-3,6-7H2,1H3,(H,21,25). The number of fused-ring (bicyclic) bond motifs is 1. The first-order valence-electron chi connectivity index (χ1n) is 8.42. The Morgan fingerprint density at radius 1 is 1.19 bits per heavy atom. The van der Waals surface area contributed by atoms with Gasteiger partial charge in [-0.15, -0.1) is 11.3 Å². The maximum absolute atomic E-state index is 12.7. The van der Waals surface area contributed by atoms with Crippen LogP contribution in [0, 0.1) is 0 Å². The molecule has 9 heteroatoms. The second kappa shape index (κ2) is 7.83. The number of nitrogens with one attached hydrogen (secondary N) is 1. The molecule has 1 N–H and O–H groups in total. The topological polar surface area (TPSA) is 58.1 Å². The molecule has 1 aliphatic heterocycles. The van der Waals surface area contributed by atoms with Gasteiger partial charge in [-0.05, 0) is 43.4 Å². The zero-order valence-corrected chi connectivity index (χ0v) is 17.6. The van der Waals surface area contributed by atoms with Crippen LogP contribution in [0.2, 0.25) is 10.0 Å². The summed E-state index contributed by atoms with van der Waals surface area (Å²) in [6.07, 6.45) is 4.28. The molecule has 0 aliphatic carbocycles. The first kappa shape index (κ1) is 18.8. The fourth-order valence-electron chi connectivity index (χ4n) is 3.03. The van der Waals surface area contributed by atoms with E-state index >= 15 is 0 Å². The molecule has 27 heavy (non-hydrogen) atoms. The predicted molar refractivity (Wildman–Crippen MR) is 115 cm³/mol. The van der Waals surface area contributed by atoms with Gasteiger partial charge in [0.2, 0.25) is 0 Å². The number of hydrogen-bond donors (Lipinski definition) is 1. The van der Waals surface area contributed by atoms with Crippen LogP contribution < -0.4 is 10.2 Å². The third kappa shape index (κ3) is 3.87. The van der Waals surface area contributed by atoms with Gasteiger partial charge in [0.25, 0.3) is 5.91 Å². The summed E-state index contributed by atoms with van der Waals surface area (Å²) < 4.78 is 0. The molecule has 3 aromatic rings. The fraction of sp³-hybridized carbons (Fsp3) is 0.278. The highest BCUT2D eigenvalue weighted by atomic mass is 35.5. The van der Waals surface area contributed by atoms with E-state index < -0.39 is 0 Å². The lowest BCUT2D eigenvalue weighted by molar-refractivity contribution is 0.103. The first-order valence-corrected chi connectivity index (χ1v) is 11.2. The van der Waals surface area contributed by atoms with Gasteiger partial charge in [-0.3, -0.25) is 4.79 Å². The van der Waals surface area contributed by atoms with Crippen LogP contribution in [-0.4, -0.2) is 35.2 Å². The Balaban J connectivity index is 1.68. The number of benzene rings is 1. The minimum atomic E-state index is -0.200. The highest BCUT2D eigenvalue weighted by molar-refractivity contribution is 7.98. The van der Waals surface area contributed by atoms with Gasteiger partial charge in [-0.25, -0.2) is 9.97 Å². The number of anilines is 2. The summed E-state index contributed by atoms with van der Waals surface area (Å²) in [5, 5.41) is 5.37. The summed E-state index contributed by atoms with van der Waals surface area (Å²) in [6, 6.07) is 6.90. The zero-order chi connectivity index (χ0) is 19.0. The summed E-state index contributed by atoms with van der Waals surface area (Å²) in [5.74, 6) is 0.723. The van der Waals surface area contributed by atoms with E-state index in [9.17, 15) is 4.79 Å². The van der Waals surface area contributed by atoms with E-state index in [1.165, 1.54) is 23.1 Å². The number of thioether (sulfide) groups is 1. The van der Waals surface area contributed by atoms with Crippen molar-refractivity contribution < 1.29 is 4.79 Å². The summed E-state index contributed by atoms with van der Waals surface area (Å²) in [5.41, 5.74) is 0.600. The fourth-order valence-corrected chi connectivity index (χ4v) is 4.66. The minimum absolute atomic E-state index is 0.200. The second-order valence-electron chi connectivity index (χ2n) is 6.14. The molecule has 0 atom stereocenters. The lowest BCUT2D eigenvalue weighted by Crippen LogP contribution is -2.19.